The number of carbonyl (C=O) groups is 3. The van der Waals surface area contributed by atoms with Crippen LogP contribution in [0, 0.1) is 6.92 Å². The Kier molecular flexibility index (Phi) is 3.54. The van der Waals surface area contributed by atoms with E-state index in [2.05, 4.69) is 4.90 Å². The molecule has 0 unspecified atom stereocenters. The summed E-state index contributed by atoms with van der Waals surface area (Å²) >= 11 is 0. The summed E-state index contributed by atoms with van der Waals surface area (Å²) in [5.74, 6) is -2.31. The summed E-state index contributed by atoms with van der Waals surface area (Å²) in [4.78, 5) is 39.0. The molecule has 2 fully saturated rings. The van der Waals surface area contributed by atoms with Crippen molar-refractivity contribution >= 4 is 28.6 Å². The lowest BCUT2D eigenvalue weighted by Gasteiger charge is -2.39. The molecule has 1 aromatic carbocycles. The number of benzene rings is 1. The molecule has 3 aliphatic heterocycles. The first-order chi connectivity index (χ1) is 11.5. The van der Waals surface area contributed by atoms with Gasteiger partial charge in [-0.25, -0.2) is 13.9 Å². The van der Waals surface area contributed by atoms with Crippen LogP contribution in [0.3, 0.4) is 0 Å². The molecular weight excluding hydrogens is 332 g/mol. The summed E-state index contributed by atoms with van der Waals surface area (Å²) in [6, 6.07) is 5.30. The molecule has 7 nitrogen and oxygen atoms in total. The molecule has 0 aromatic heterocycles. The fourth-order valence-electron chi connectivity index (χ4n) is 3.33. The molecule has 0 atom stereocenters. The second-order valence-electron chi connectivity index (χ2n) is 6.17. The van der Waals surface area contributed by atoms with Crippen LogP contribution in [0.5, 0.6) is 0 Å². The van der Waals surface area contributed by atoms with Crippen LogP contribution in [0.4, 0.5) is 0 Å². The normalized spacial score (nSPS) is 23.5. The zero-order valence-electron chi connectivity index (χ0n) is 13.3. The van der Waals surface area contributed by atoms with Crippen molar-refractivity contribution in [3.05, 3.63) is 29.3 Å². The fraction of sp³-hybridized carbons (Fsp3) is 0.438. The highest BCUT2D eigenvalue weighted by Gasteiger charge is 2.55. The molecular formula is C16H18N2O5S. The number of amides is 1. The molecule has 0 radical (unpaired) electrons. The van der Waals surface area contributed by atoms with Crippen molar-refractivity contribution in [2.45, 2.75) is 24.7 Å². The van der Waals surface area contributed by atoms with Gasteiger partial charge in [0.15, 0.2) is 0 Å². The van der Waals surface area contributed by atoms with E-state index in [0.717, 1.165) is 31.5 Å². The first-order valence-electron chi connectivity index (χ1n) is 7.97. The van der Waals surface area contributed by atoms with Crippen molar-refractivity contribution < 1.29 is 22.7 Å². The van der Waals surface area contributed by atoms with Crippen LogP contribution < -0.4 is 0 Å². The molecule has 1 aromatic rings. The predicted octanol–water partition coefficient (Wildman–Crippen LogP) is 1.56. The Morgan fingerprint density at radius 3 is 2.38 bits per heavy atom. The minimum absolute atomic E-state index is 0.245. The maximum atomic E-state index is 12.9. The summed E-state index contributed by atoms with van der Waals surface area (Å²) in [5.41, 5.74) is 1.38. The lowest BCUT2D eigenvalue weighted by Crippen LogP contribution is -2.36. The lowest BCUT2D eigenvalue weighted by molar-refractivity contribution is -0.150. The first-order valence-corrected chi connectivity index (χ1v) is 9.41. The van der Waals surface area contributed by atoms with Crippen molar-refractivity contribution in [1.82, 2.24) is 9.21 Å². The Bertz CT molecular complexity index is 728. The quantitative estimate of drug-likeness (QED) is 0.770. The van der Waals surface area contributed by atoms with E-state index in [9.17, 15) is 14.4 Å². The maximum absolute atomic E-state index is 12.9. The molecule has 128 valence electrons. The van der Waals surface area contributed by atoms with Gasteiger partial charge in [0.25, 0.3) is 5.91 Å². The van der Waals surface area contributed by atoms with Gasteiger partial charge in [0.1, 0.15) is 4.90 Å². The standard InChI is InChI=1S/C16H18N2O5S/c1-11-4-5-13-12(10-11)14(19)18(9-8-17-6-2-3-7-17)24(13)22-15(20)16(21)23-24/h4-5,10H,2-3,6-9H2,1H3. The predicted molar refractivity (Wildman–Crippen MR) is 85.9 cm³/mol. The average molecular weight is 350 g/mol. The Balaban J connectivity index is 1.70. The fourth-order valence-corrected chi connectivity index (χ4v) is 5.81. The van der Waals surface area contributed by atoms with Crippen molar-refractivity contribution in [2.75, 3.05) is 26.2 Å². The number of hydrogen-bond donors (Lipinski definition) is 0. The van der Waals surface area contributed by atoms with Crippen molar-refractivity contribution in [1.29, 1.82) is 0 Å². The van der Waals surface area contributed by atoms with Gasteiger partial charge in [0, 0.05) is 17.3 Å². The SMILES string of the molecule is Cc1ccc2c(c1)C(=O)N(CCN1CCCC1)S21OC(=O)C(=O)O1. The van der Waals surface area contributed by atoms with Gasteiger partial charge in [-0.3, -0.25) is 4.79 Å². The molecule has 0 bridgehead atoms. The molecule has 1 amide bonds. The van der Waals surface area contributed by atoms with Gasteiger partial charge < -0.3 is 13.3 Å². The van der Waals surface area contributed by atoms with Gasteiger partial charge in [0.05, 0.1) is 12.1 Å². The molecule has 24 heavy (non-hydrogen) atoms. The topological polar surface area (TPSA) is 76.2 Å². The Morgan fingerprint density at radius 2 is 1.71 bits per heavy atom. The van der Waals surface area contributed by atoms with Crippen LogP contribution in [0.1, 0.15) is 28.8 Å². The monoisotopic (exact) mass is 350 g/mol. The van der Waals surface area contributed by atoms with Gasteiger partial charge in [-0.2, -0.15) is 0 Å². The molecule has 3 heterocycles. The van der Waals surface area contributed by atoms with Crippen molar-refractivity contribution in [3.63, 3.8) is 0 Å². The van der Waals surface area contributed by atoms with Crippen molar-refractivity contribution in [2.24, 2.45) is 0 Å². The third kappa shape index (κ3) is 2.21. The maximum Gasteiger partial charge on any atom is 0.443 e. The van der Waals surface area contributed by atoms with E-state index in [1.165, 1.54) is 4.31 Å². The van der Waals surface area contributed by atoms with Gasteiger partial charge in [-0.15, -0.1) is 0 Å². The molecule has 3 aliphatic rings. The molecule has 8 heteroatoms. The largest absolute Gasteiger partial charge is 0.443 e. The average Bonchev–Trinajstić information content (AvgIpc) is 3.21. The van der Waals surface area contributed by atoms with E-state index < -0.39 is 22.7 Å². The van der Waals surface area contributed by atoms with E-state index >= 15 is 0 Å². The van der Waals surface area contributed by atoms with Gasteiger partial charge >= 0.3 is 11.9 Å². The first kappa shape index (κ1) is 15.5. The molecule has 0 aliphatic carbocycles. The second-order valence-corrected chi connectivity index (χ2v) is 8.34. The number of aryl methyl sites for hydroxylation is 1. The lowest BCUT2D eigenvalue weighted by atomic mass is 10.1. The van der Waals surface area contributed by atoms with Crippen LogP contribution in [0.25, 0.3) is 0 Å². The Hall–Kier alpha value is -2.06. The smallest absolute Gasteiger partial charge is 0.311 e. The summed E-state index contributed by atoms with van der Waals surface area (Å²) in [6.45, 7) is 4.91. The second kappa shape index (κ2) is 5.49. The summed E-state index contributed by atoms with van der Waals surface area (Å²) in [7, 11) is -2.82. The number of fused-ring (bicyclic) bond motifs is 2. The minimum Gasteiger partial charge on any atom is -0.311 e. The third-order valence-corrected chi connectivity index (χ3v) is 7.12. The third-order valence-electron chi connectivity index (χ3n) is 4.52. The van der Waals surface area contributed by atoms with E-state index in [1.807, 2.05) is 13.0 Å². The minimum atomic E-state index is -2.82. The van der Waals surface area contributed by atoms with Gasteiger partial charge in [0.2, 0.25) is 0 Å². The van der Waals surface area contributed by atoms with E-state index in [-0.39, 0.29) is 5.91 Å². The van der Waals surface area contributed by atoms with Crippen molar-refractivity contribution in [3.8, 4) is 0 Å². The molecule has 4 rings (SSSR count). The van der Waals surface area contributed by atoms with E-state index in [1.54, 1.807) is 12.1 Å². The number of nitrogens with zero attached hydrogens (tertiary/aromatic N) is 2. The molecule has 1 spiro atoms. The number of rotatable bonds is 3. The molecule has 0 N–H and O–H groups in total. The van der Waals surface area contributed by atoms with E-state index in [0.29, 0.717) is 23.5 Å². The summed E-state index contributed by atoms with van der Waals surface area (Å²) in [5, 5.41) is 0. The number of carbonyl (C=O) groups excluding carboxylic acids is 3. The zero-order valence-corrected chi connectivity index (χ0v) is 14.1. The van der Waals surface area contributed by atoms with Gasteiger partial charge in [-0.1, -0.05) is 11.6 Å². The van der Waals surface area contributed by atoms with Crippen LogP contribution in [-0.2, 0) is 18.0 Å². The van der Waals surface area contributed by atoms with E-state index in [4.69, 9.17) is 8.37 Å². The van der Waals surface area contributed by atoms with Crippen LogP contribution >= 0.6 is 10.8 Å². The number of likely N-dealkylation sites (tertiary alicyclic amines) is 1. The highest BCUT2D eigenvalue weighted by atomic mass is 32.3. The summed E-state index contributed by atoms with van der Waals surface area (Å²) < 4.78 is 12.1. The molecule has 0 saturated carbocycles. The highest BCUT2D eigenvalue weighted by Crippen LogP contribution is 2.68. The number of hydrogen-bond acceptors (Lipinski definition) is 6. The Morgan fingerprint density at radius 1 is 1.04 bits per heavy atom. The Labute approximate surface area is 141 Å². The van der Waals surface area contributed by atoms with Crippen LogP contribution in [-0.4, -0.2) is 53.2 Å². The zero-order chi connectivity index (χ0) is 16.9. The van der Waals surface area contributed by atoms with Crippen LogP contribution in [0.2, 0.25) is 0 Å². The highest BCUT2D eigenvalue weighted by molar-refractivity contribution is 8.25. The van der Waals surface area contributed by atoms with Crippen LogP contribution in [0.15, 0.2) is 23.1 Å². The summed E-state index contributed by atoms with van der Waals surface area (Å²) in [6.07, 6.45) is 2.30. The molecule has 2 saturated heterocycles. The van der Waals surface area contributed by atoms with Gasteiger partial charge in [-0.05, 0) is 45.0 Å².